The van der Waals surface area contributed by atoms with Gasteiger partial charge in [-0.05, 0) is 49.5 Å². The SMILES string of the molecule is COCCOC1CC=C(C(C)(C)C2CC=C(OCC3CO3)CC2)CC1. The van der Waals surface area contributed by atoms with Crippen LogP contribution in [0, 0.1) is 11.3 Å². The highest BCUT2D eigenvalue weighted by Gasteiger charge is 2.35. The van der Waals surface area contributed by atoms with Crippen molar-refractivity contribution >= 4 is 0 Å². The number of epoxide rings is 1. The molecular weight excluding hydrogens is 316 g/mol. The molecule has 3 rings (SSSR count). The molecule has 3 unspecified atom stereocenters. The lowest BCUT2D eigenvalue weighted by atomic mass is 9.66. The normalized spacial score (nSPS) is 29.8. The van der Waals surface area contributed by atoms with Gasteiger partial charge < -0.3 is 18.9 Å². The molecule has 0 radical (unpaired) electrons. The van der Waals surface area contributed by atoms with E-state index in [9.17, 15) is 0 Å². The number of rotatable bonds is 9. The van der Waals surface area contributed by atoms with E-state index in [1.807, 2.05) is 0 Å². The van der Waals surface area contributed by atoms with Crippen molar-refractivity contribution in [1.29, 1.82) is 0 Å². The lowest BCUT2D eigenvalue weighted by molar-refractivity contribution is 0.0110. The summed E-state index contributed by atoms with van der Waals surface area (Å²) in [5.41, 5.74) is 1.88. The van der Waals surface area contributed by atoms with E-state index in [2.05, 4.69) is 26.0 Å². The van der Waals surface area contributed by atoms with Gasteiger partial charge in [0, 0.05) is 13.5 Å². The zero-order valence-electron chi connectivity index (χ0n) is 16.1. The Kier molecular flexibility index (Phi) is 6.59. The highest BCUT2D eigenvalue weighted by molar-refractivity contribution is 5.19. The quantitative estimate of drug-likeness (QED) is 0.354. The summed E-state index contributed by atoms with van der Waals surface area (Å²) in [6, 6.07) is 0. The number of hydrogen-bond acceptors (Lipinski definition) is 4. The third-order valence-electron chi connectivity index (χ3n) is 6.08. The van der Waals surface area contributed by atoms with E-state index in [-0.39, 0.29) is 5.41 Å². The Morgan fingerprint density at radius 3 is 2.56 bits per heavy atom. The van der Waals surface area contributed by atoms with Gasteiger partial charge in [-0.2, -0.15) is 0 Å². The Labute approximate surface area is 152 Å². The second kappa shape index (κ2) is 8.70. The predicted octanol–water partition coefficient (Wildman–Crippen LogP) is 4.25. The topological polar surface area (TPSA) is 40.2 Å². The molecule has 0 N–H and O–H groups in total. The molecule has 3 atom stereocenters. The van der Waals surface area contributed by atoms with E-state index >= 15 is 0 Å². The Balaban J connectivity index is 1.48. The lowest BCUT2D eigenvalue weighted by Gasteiger charge is -2.40. The molecular formula is C21H34O4. The molecule has 4 heteroatoms. The summed E-state index contributed by atoms with van der Waals surface area (Å²) in [6.07, 6.45) is 12.2. The first kappa shape index (κ1) is 18.9. The lowest BCUT2D eigenvalue weighted by Crippen LogP contribution is -2.31. The van der Waals surface area contributed by atoms with Gasteiger partial charge in [-0.1, -0.05) is 25.5 Å². The van der Waals surface area contributed by atoms with Gasteiger partial charge in [-0.3, -0.25) is 0 Å². The van der Waals surface area contributed by atoms with Crippen molar-refractivity contribution in [2.75, 3.05) is 33.5 Å². The third kappa shape index (κ3) is 5.32. The Hall–Kier alpha value is -0.840. The maximum Gasteiger partial charge on any atom is 0.116 e. The number of allylic oxidation sites excluding steroid dienone is 3. The molecule has 1 saturated heterocycles. The molecule has 0 saturated carbocycles. The first-order valence-electron chi connectivity index (χ1n) is 9.83. The molecule has 1 fully saturated rings. The van der Waals surface area contributed by atoms with Gasteiger partial charge in [0.2, 0.25) is 0 Å². The molecule has 4 nitrogen and oxygen atoms in total. The molecule has 142 valence electrons. The summed E-state index contributed by atoms with van der Waals surface area (Å²) in [5, 5.41) is 0. The van der Waals surface area contributed by atoms with Crippen LogP contribution in [0.5, 0.6) is 0 Å². The fourth-order valence-electron chi connectivity index (χ4n) is 4.07. The molecule has 3 aliphatic rings. The van der Waals surface area contributed by atoms with Crippen molar-refractivity contribution in [2.24, 2.45) is 11.3 Å². The number of ether oxygens (including phenoxy) is 4. The fraction of sp³-hybridized carbons (Fsp3) is 0.810. The number of hydrogen-bond donors (Lipinski definition) is 0. The van der Waals surface area contributed by atoms with E-state index in [1.54, 1.807) is 12.7 Å². The number of methoxy groups -OCH3 is 1. The van der Waals surface area contributed by atoms with E-state index < -0.39 is 0 Å². The van der Waals surface area contributed by atoms with Crippen LogP contribution in [0.4, 0.5) is 0 Å². The van der Waals surface area contributed by atoms with E-state index in [0.29, 0.717) is 31.3 Å². The van der Waals surface area contributed by atoms with E-state index in [0.717, 1.165) is 45.3 Å². The highest BCUT2D eigenvalue weighted by atomic mass is 16.6. The summed E-state index contributed by atoms with van der Waals surface area (Å²) in [6.45, 7) is 7.84. The average molecular weight is 350 g/mol. The standard InChI is InChI=1S/C21H34O4/c1-21(2,16-4-8-18(9-5-16)23-13-12-22-3)17-6-10-19(11-7-17)24-14-20-15-25-20/h4,10,17-18,20H,5-9,11-15H2,1-3H3. The maximum absolute atomic E-state index is 5.89. The zero-order chi connectivity index (χ0) is 17.7. The summed E-state index contributed by atoms with van der Waals surface area (Å²) in [4.78, 5) is 0. The van der Waals surface area contributed by atoms with Crippen LogP contribution < -0.4 is 0 Å². The van der Waals surface area contributed by atoms with Crippen molar-refractivity contribution in [1.82, 2.24) is 0 Å². The molecule has 0 aromatic rings. The molecule has 0 bridgehead atoms. The molecule has 0 spiro atoms. The van der Waals surface area contributed by atoms with E-state index in [1.165, 1.54) is 12.2 Å². The Bertz CT molecular complexity index is 490. The second-order valence-corrected chi connectivity index (χ2v) is 8.12. The van der Waals surface area contributed by atoms with Crippen LogP contribution in [0.2, 0.25) is 0 Å². The zero-order valence-corrected chi connectivity index (χ0v) is 16.1. The van der Waals surface area contributed by atoms with Gasteiger partial charge in [0.25, 0.3) is 0 Å². The van der Waals surface area contributed by atoms with Crippen LogP contribution in [-0.4, -0.2) is 45.7 Å². The summed E-state index contributed by atoms with van der Waals surface area (Å²) < 4.78 is 22.0. The Morgan fingerprint density at radius 1 is 1.12 bits per heavy atom. The molecule has 0 aromatic carbocycles. The first-order valence-corrected chi connectivity index (χ1v) is 9.83. The summed E-state index contributed by atoms with van der Waals surface area (Å²) >= 11 is 0. The van der Waals surface area contributed by atoms with Gasteiger partial charge in [-0.25, -0.2) is 0 Å². The van der Waals surface area contributed by atoms with Crippen LogP contribution in [-0.2, 0) is 18.9 Å². The van der Waals surface area contributed by atoms with Crippen molar-refractivity contribution in [3.8, 4) is 0 Å². The van der Waals surface area contributed by atoms with E-state index in [4.69, 9.17) is 18.9 Å². The molecule has 2 aliphatic carbocycles. The van der Waals surface area contributed by atoms with Gasteiger partial charge >= 0.3 is 0 Å². The van der Waals surface area contributed by atoms with Crippen LogP contribution in [0.3, 0.4) is 0 Å². The molecule has 0 amide bonds. The molecule has 1 heterocycles. The minimum absolute atomic E-state index is 0.263. The first-order chi connectivity index (χ1) is 12.1. The largest absolute Gasteiger partial charge is 0.495 e. The summed E-state index contributed by atoms with van der Waals surface area (Å²) in [7, 11) is 1.72. The summed E-state index contributed by atoms with van der Waals surface area (Å²) in [5.74, 6) is 1.88. The fourth-order valence-corrected chi connectivity index (χ4v) is 4.07. The van der Waals surface area contributed by atoms with Gasteiger partial charge in [0.1, 0.15) is 12.7 Å². The maximum atomic E-state index is 5.89. The molecule has 1 aliphatic heterocycles. The van der Waals surface area contributed by atoms with Gasteiger partial charge in [-0.15, -0.1) is 0 Å². The van der Waals surface area contributed by atoms with Crippen molar-refractivity contribution < 1.29 is 18.9 Å². The van der Waals surface area contributed by atoms with Gasteiger partial charge in [0.15, 0.2) is 0 Å². The van der Waals surface area contributed by atoms with Crippen molar-refractivity contribution in [3.05, 3.63) is 23.5 Å². The smallest absolute Gasteiger partial charge is 0.116 e. The van der Waals surface area contributed by atoms with Gasteiger partial charge in [0.05, 0.1) is 31.7 Å². The second-order valence-electron chi connectivity index (χ2n) is 8.12. The predicted molar refractivity (Wildman–Crippen MR) is 98.4 cm³/mol. The van der Waals surface area contributed by atoms with Crippen LogP contribution in [0.25, 0.3) is 0 Å². The van der Waals surface area contributed by atoms with Crippen LogP contribution in [0.15, 0.2) is 23.5 Å². The minimum Gasteiger partial charge on any atom is -0.495 e. The monoisotopic (exact) mass is 350 g/mol. The van der Waals surface area contributed by atoms with Crippen molar-refractivity contribution in [2.45, 2.75) is 64.6 Å². The Morgan fingerprint density at radius 2 is 1.96 bits per heavy atom. The molecule has 25 heavy (non-hydrogen) atoms. The van der Waals surface area contributed by atoms with Crippen molar-refractivity contribution in [3.63, 3.8) is 0 Å². The van der Waals surface area contributed by atoms with Crippen LogP contribution in [0.1, 0.15) is 52.4 Å². The molecule has 0 aromatic heterocycles. The third-order valence-corrected chi connectivity index (χ3v) is 6.08. The minimum atomic E-state index is 0.263. The highest BCUT2D eigenvalue weighted by Crippen LogP contribution is 2.46. The van der Waals surface area contributed by atoms with Crippen LogP contribution >= 0.6 is 0 Å². The average Bonchev–Trinajstić information content (AvgIpc) is 3.45.